The van der Waals surface area contributed by atoms with Crippen LogP contribution in [0.2, 0.25) is 0 Å². The molecule has 0 saturated heterocycles. The summed E-state index contributed by atoms with van der Waals surface area (Å²) in [4.78, 5) is 4.18. The Kier molecular flexibility index (Phi) is 9.09. The van der Waals surface area contributed by atoms with Gasteiger partial charge in [-0.3, -0.25) is 0 Å². The highest BCUT2D eigenvalue weighted by Gasteiger charge is 2.01. The van der Waals surface area contributed by atoms with Crippen LogP contribution in [0.25, 0.3) is 24.3 Å². The third-order valence-electron chi connectivity index (χ3n) is 5.66. The van der Waals surface area contributed by atoms with Crippen molar-refractivity contribution in [3.63, 3.8) is 0 Å². The summed E-state index contributed by atoms with van der Waals surface area (Å²) in [6.07, 6.45) is 9.50. The van der Waals surface area contributed by atoms with E-state index in [0.717, 1.165) is 46.7 Å². The molecule has 0 heterocycles. The number of nitrogens with zero attached hydrogens (tertiary/aromatic N) is 4. The molecule has 0 atom stereocenters. The lowest BCUT2D eigenvalue weighted by molar-refractivity contribution is 0.905. The molecule has 0 radical (unpaired) electrons. The van der Waals surface area contributed by atoms with Gasteiger partial charge in [-0.05, 0) is 46.5 Å². The van der Waals surface area contributed by atoms with Crippen molar-refractivity contribution >= 4 is 35.7 Å². The normalized spacial score (nSPS) is 10.8. The van der Waals surface area contributed by atoms with Crippen molar-refractivity contribution in [1.29, 1.82) is 10.5 Å². The van der Waals surface area contributed by atoms with Crippen LogP contribution in [0.15, 0.2) is 72.8 Å². The average molecular weight is 447 g/mol. The van der Waals surface area contributed by atoms with Gasteiger partial charge >= 0.3 is 0 Å². The maximum atomic E-state index is 8.73. The van der Waals surface area contributed by atoms with Gasteiger partial charge in [0.15, 0.2) is 0 Å². The van der Waals surface area contributed by atoms with Crippen LogP contribution in [0.5, 0.6) is 0 Å². The van der Waals surface area contributed by atoms with Crippen LogP contribution in [-0.2, 0) is 0 Å². The molecular formula is C30H30N4. The number of hydrogen-bond acceptors (Lipinski definition) is 4. The number of hydrogen-bond donors (Lipinski definition) is 0. The van der Waals surface area contributed by atoms with Crippen LogP contribution in [0.3, 0.4) is 0 Å². The molecule has 34 heavy (non-hydrogen) atoms. The molecule has 0 bridgehead atoms. The van der Waals surface area contributed by atoms with Gasteiger partial charge in [0.25, 0.3) is 0 Å². The van der Waals surface area contributed by atoms with Gasteiger partial charge in [0, 0.05) is 38.6 Å². The van der Waals surface area contributed by atoms with Crippen LogP contribution >= 0.6 is 0 Å². The van der Waals surface area contributed by atoms with Crippen LogP contribution in [0, 0.1) is 22.7 Å². The highest BCUT2D eigenvalue weighted by atomic mass is 15.1. The van der Waals surface area contributed by atoms with Crippen molar-refractivity contribution in [3.8, 4) is 12.1 Å². The van der Waals surface area contributed by atoms with Crippen molar-refractivity contribution in [2.24, 2.45) is 0 Å². The zero-order chi connectivity index (χ0) is 24.2. The van der Waals surface area contributed by atoms with Gasteiger partial charge in [-0.2, -0.15) is 10.5 Å². The highest BCUT2D eigenvalue weighted by molar-refractivity contribution is 5.73. The molecule has 0 aliphatic heterocycles. The van der Waals surface area contributed by atoms with E-state index >= 15 is 0 Å². The summed E-state index contributed by atoms with van der Waals surface area (Å²) in [6.45, 7) is 1.47. The van der Waals surface area contributed by atoms with Gasteiger partial charge in [-0.15, -0.1) is 0 Å². The lowest BCUT2D eigenvalue weighted by Crippen LogP contribution is -2.17. The van der Waals surface area contributed by atoms with E-state index in [1.54, 1.807) is 0 Å². The zero-order valence-electron chi connectivity index (χ0n) is 19.9. The SMILES string of the molecule is CN(CCC#N)c1ccc(/C=C/c2ccc(/C=C/c3ccc(N(C)CCC#N)cc3)cc2)cc1. The van der Waals surface area contributed by atoms with E-state index in [9.17, 15) is 0 Å². The van der Waals surface area contributed by atoms with Gasteiger partial charge in [0.1, 0.15) is 0 Å². The van der Waals surface area contributed by atoms with Gasteiger partial charge in [-0.1, -0.05) is 72.8 Å². The van der Waals surface area contributed by atoms with Gasteiger partial charge < -0.3 is 9.80 Å². The molecule has 0 spiro atoms. The largest absolute Gasteiger partial charge is 0.374 e. The quantitative estimate of drug-likeness (QED) is 0.324. The van der Waals surface area contributed by atoms with E-state index in [-0.39, 0.29) is 0 Å². The first kappa shape index (κ1) is 24.4. The predicted molar refractivity (Wildman–Crippen MR) is 144 cm³/mol. The van der Waals surface area contributed by atoms with E-state index in [1.807, 2.05) is 14.1 Å². The third-order valence-corrected chi connectivity index (χ3v) is 5.66. The second kappa shape index (κ2) is 12.7. The van der Waals surface area contributed by atoms with E-state index in [0.29, 0.717) is 12.8 Å². The number of benzene rings is 3. The second-order valence-electron chi connectivity index (χ2n) is 8.18. The molecule has 0 aliphatic rings. The summed E-state index contributed by atoms with van der Waals surface area (Å²) in [6, 6.07) is 29.6. The van der Waals surface area contributed by atoms with Crippen LogP contribution < -0.4 is 9.80 Å². The van der Waals surface area contributed by atoms with Crippen molar-refractivity contribution < 1.29 is 0 Å². The van der Waals surface area contributed by atoms with Crippen LogP contribution in [0.4, 0.5) is 11.4 Å². The standard InChI is InChI=1S/C30H30N4/c1-33(23-3-21-31)29-17-13-27(14-18-29)11-9-25-5-7-26(8-6-25)10-12-28-15-19-30(20-16-28)34(2)24-4-22-32/h5-20H,3-4,23-24H2,1-2H3/b11-9+,12-10+. The van der Waals surface area contributed by atoms with Crippen molar-refractivity contribution in [2.75, 3.05) is 37.0 Å². The Morgan fingerprint density at radius 3 is 1.06 bits per heavy atom. The molecule has 4 heteroatoms. The van der Waals surface area contributed by atoms with Crippen molar-refractivity contribution in [1.82, 2.24) is 0 Å². The van der Waals surface area contributed by atoms with E-state index in [2.05, 4.69) is 119 Å². The summed E-state index contributed by atoms with van der Waals surface area (Å²) in [5, 5.41) is 17.5. The average Bonchev–Trinajstić information content (AvgIpc) is 2.89. The van der Waals surface area contributed by atoms with E-state index < -0.39 is 0 Å². The Hall–Kier alpha value is -4.28. The topological polar surface area (TPSA) is 54.1 Å². The molecular weight excluding hydrogens is 416 g/mol. The maximum Gasteiger partial charge on any atom is 0.0640 e. The summed E-state index contributed by atoms with van der Waals surface area (Å²) >= 11 is 0. The summed E-state index contributed by atoms with van der Waals surface area (Å²) < 4.78 is 0. The maximum absolute atomic E-state index is 8.73. The Bertz CT molecular complexity index is 1080. The molecule has 0 saturated carbocycles. The number of rotatable bonds is 10. The van der Waals surface area contributed by atoms with Crippen molar-refractivity contribution in [3.05, 3.63) is 95.1 Å². The zero-order valence-corrected chi connectivity index (χ0v) is 19.9. The molecule has 0 aromatic heterocycles. The second-order valence-corrected chi connectivity index (χ2v) is 8.18. The molecule has 0 fully saturated rings. The summed E-state index contributed by atoms with van der Waals surface area (Å²) in [7, 11) is 4.01. The van der Waals surface area contributed by atoms with Crippen LogP contribution in [0.1, 0.15) is 35.1 Å². The monoisotopic (exact) mass is 446 g/mol. The summed E-state index contributed by atoms with van der Waals surface area (Å²) in [5.41, 5.74) is 6.81. The molecule has 170 valence electrons. The minimum absolute atomic E-state index is 0.525. The van der Waals surface area contributed by atoms with Crippen LogP contribution in [-0.4, -0.2) is 27.2 Å². The smallest absolute Gasteiger partial charge is 0.0640 e. The lowest BCUT2D eigenvalue weighted by Gasteiger charge is -2.17. The fourth-order valence-electron chi connectivity index (χ4n) is 3.48. The van der Waals surface area contributed by atoms with E-state index in [4.69, 9.17) is 10.5 Å². The first-order valence-corrected chi connectivity index (χ1v) is 11.4. The molecule has 0 amide bonds. The predicted octanol–water partition coefficient (Wildman–Crippen LogP) is 6.73. The van der Waals surface area contributed by atoms with Gasteiger partial charge in [0.2, 0.25) is 0 Å². The summed E-state index contributed by atoms with van der Waals surface area (Å²) in [5.74, 6) is 0. The molecule has 3 aromatic carbocycles. The van der Waals surface area contributed by atoms with Gasteiger partial charge in [-0.25, -0.2) is 0 Å². The highest BCUT2D eigenvalue weighted by Crippen LogP contribution is 2.18. The third kappa shape index (κ3) is 7.40. The molecule has 0 aliphatic carbocycles. The molecule has 4 nitrogen and oxygen atoms in total. The molecule has 0 N–H and O–H groups in total. The number of nitriles is 2. The Balaban J connectivity index is 1.56. The van der Waals surface area contributed by atoms with Gasteiger partial charge in [0.05, 0.1) is 25.0 Å². The lowest BCUT2D eigenvalue weighted by atomic mass is 10.1. The fraction of sp³-hybridized carbons (Fsp3) is 0.200. The molecule has 3 aromatic rings. The minimum atomic E-state index is 0.525. The van der Waals surface area contributed by atoms with Crippen molar-refractivity contribution in [2.45, 2.75) is 12.8 Å². The Morgan fingerprint density at radius 2 is 0.794 bits per heavy atom. The van der Waals surface area contributed by atoms with E-state index in [1.165, 1.54) is 0 Å². The first-order chi connectivity index (χ1) is 16.6. The number of anilines is 2. The minimum Gasteiger partial charge on any atom is -0.374 e. The fourth-order valence-corrected chi connectivity index (χ4v) is 3.48. The first-order valence-electron chi connectivity index (χ1n) is 11.4. The molecule has 3 rings (SSSR count). The Morgan fingerprint density at radius 1 is 0.529 bits per heavy atom. The molecule has 0 unspecified atom stereocenters. The Labute approximate surface area is 203 Å².